The average Bonchev–Trinajstić information content (AvgIpc) is 2.55. The van der Waals surface area contributed by atoms with Crippen LogP contribution in [0, 0.1) is 0 Å². The monoisotopic (exact) mass is 299 g/mol. The lowest BCUT2D eigenvalue weighted by Gasteiger charge is -2.17. The Kier molecular flexibility index (Phi) is 5.49. The molecule has 0 saturated carbocycles. The Morgan fingerprint density at radius 1 is 1.27 bits per heavy atom. The minimum atomic E-state index is -0.314. The van der Waals surface area contributed by atoms with Gasteiger partial charge in [-0.05, 0) is 24.1 Å². The molecule has 0 radical (unpaired) electrons. The maximum atomic E-state index is 12.3. The van der Waals surface area contributed by atoms with Gasteiger partial charge in [0.15, 0.2) is 0 Å². The summed E-state index contributed by atoms with van der Waals surface area (Å²) in [5.41, 5.74) is 1.61. The van der Waals surface area contributed by atoms with Gasteiger partial charge in [0.05, 0.1) is 12.6 Å². The number of aliphatic hydroxyl groups excluding tert-OH is 1. The van der Waals surface area contributed by atoms with Crippen molar-refractivity contribution in [3.8, 4) is 0 Å². The second-order valence-electron chi connectivity index (χ2n) is 5.34. The van der Waals surface area contributed by atoms with Crippen LogP contribution in [0.3, 0.4) is 0 Å². The zero-order valence-electron chi connectivity index (χ0n) is 12.9. The molecule has 0 fully saturated rings. The number of aromatic nitrogens is 1. The van der Waals surface area contributed by atoms with E-state index in [9.17, 15) is 9.90 Å². The van der Waals surface area contributed by atoms with Crippen LogP contribution in [0.4, 0.5) is 5.82 Å². The molecule has 5 nitrogen and oxygen atoms in total. The van der Waals surface area contributed by atoms with Gasteiger partial charge in [-0.3, -0.25) is 4.79 Å². The van der Waals surface area contributed by atoms with Crippen LogP contribution in [0.1, 0.15) is 15.9 Å². The van der Waals surface area contributed by atoms with E-state index in [1.54, 1.807) is 18.3 Å². The smallest absolute Gasteiger partial charge is 0.251 e. The third-order valence-electron chi connectivity index (χ3n) is 3.35. The van der Waals surface area contributed by atoms with Crippen LogP contribution in [0.15, 0.2) is 48.7 Å². The Bertz CT molecular complexity index is 614. The largest absolute Gasteiger partial charge is 0.394 e. The van der Waals surface area contributed by atoms with Crippen molar-refractivity contribution in [1.82, 2.24) is 10.3 Å². The van der Waals surface area contributed by atoms with Gasteiger partial charge >= 0.3 is 0 Å². The maximum Gasteiger partial charge on any atom is 0.251 e. The van der Waals surface area contributed by atoms with E-state index in [1.165, 1.54) is 0 Å². The third kappa shape index (κ3) is 4.30. The number of carbonyl (C=O) groups is 1. The molecule has 1 aromatic carbocycles. The summed E-state index contributed by atoms with van der Waals surface area (Å²) in [6, 6.07) is 12.9. The molecule has 0 spiro atoms. The van der Waals surface area contributed by atoms with E-state index in [-0.39, 0.29) is 18.6 Å². The first-order valence-corrected chi connectivity index (χ1v) is 7.19. The minimum Gasteiger partial charge on any atom is -0.394 e. The SMILES string of the molecule is CN(C)c1cc(C(=O)NC(CO)Cc2ccccc2)ccn1. The molecule has 0 aliphatic heterocycles. The highest BCUT2D eigenvalue weighted by Gasteiger charge is 2.14. The quantitative estimate of drug-likeness (QED) is 0.848. The van der Waals surface area contributed by atoms with E-state index in [2.05, 4.69) is 10.3 Å². The first-order chi connectivity index (χ1) is 10.6. The van der Waals surface area contributed by atoms with Gasteiger partial charge in [0.25, 0.3) is 5.91 Å². The molecule has 1 amide bonds. The summed E-state index contributed by atoms with van der Waals surface area (Å²) in [5, 5.41) is 12.4. The van der Waals surface area contributed by atoms with Gasteiger partial charge in [-0.1, -0.05) is 30.3 Å². The molecule has 2 N–H and O–H groups in total. The van der Waals surface area contributed by atoms with Crippen LogP contribution in [0.5, 0.6) is 0 Å². The van der Waals surface area contributed by atoms with Gasteiger partial charge in [-0.2, -0.15) is 0 Å². The summed E-state index contributed by atoms with van der Waals surface area (Å²) in [7, 11) is 3.74. The first-order valence-electron chi connectivity index (χ1n) is 7.19. The highest BCUT2D eigenvalue weighted by molar-refractivity contribution is 5.95. The Morgan fingerprint density at radius 2 is 2.00 bits per heavy atom. The van der Waals surface area contributed by atoms with Crippen LogP contribution < -0.4 is 10.2 Å². The Labute approximate surface area is 130 Å². The van der Waals surface area contributed by atoms with Crippen molar-refractivity contribution in [2.75, 3.05) is 25.6 Å². The summed E-state index contributed by atoms with van der Waals surface area (Å²) in [6.07, 6.45) is 2.20. The van der Waals surface area contributed by atoms with Crippen LogP contribution >= 0.6 is 0 Å². The molecule has 0 bridgehead atoms. The molecular weight excluding hydrogens is 278 g/mol. The van der Waals surface area contributed by atoms with E-state index in [4.69, 9.17) is 0 Å². The van der Waals surface area contributed by atoms with Crippen molar-refractivity contribution in [3.63, 3.8) is 0 Å². The molecule has 1 heterocycles. The molecule has 2 rings (SSSR count). The lowest BCUT2D eigenvalue weighted by Crippen LogP contribution is -2.39. The standard InChI is InChI=1S/C17H21N3O2/c1-20(2)16-11-14(8-9-18-16)17(22)19-15(12-21)10-13-6-4-3-5-7-13/h3-9,11,15,21H,10,12H2,1-2H3,(H,19,22). The average molecular weight is 299 g/mol. The predicted octanol–water partition coefficient (Wildman–Crippen LogP) is 1.48. The molecule has 0 aliphatic rings. The summed E-state index contributed by atoms with van der Waals surface area (Å²) in [4.78, 5) is 18.3. The molecule has 5 heteroatoms. The van der Waals surface area contributed by atoms with Crippen LogP contribution in [-0.4, -0.2) is 42.7 Å². The van der Waals surface area contributed by atoms with Gasteiger partial charge in [0, 0.05) is 25.9 Å². The van der Waals surface area contributed by atoms with Crippen LogP contribution in [0.2, 0.25) is 0 Å². The first kappa shape index (κ1) is 16.0. The lowest BCUT2D eigenvalue weighted by atomic mass is 10.1. The number of benzene rings is 1. The number of hydrogen-bond donors (Lipinski definition) is 2. The fourth-order valence-electron chi connectivity index (χ4n) is 2.13. The number of carbonyl (C=O) groups excluding carboxylic acids is 1. The lowest BCUT2D eigenvalue weighted by molar-refractivity contribution is 0.0916. The van der Waals surface area contributed by atoms with E-state index >= 15 is 0 Å². The fourth-order valence-corrected chi connectivity index (χ4v) is 2.13. The number of amides is 1. The van der Waals surface area contributed by atoms with Crippen molar-refractivity contribution in [1.29, 1.82) is 0 Å². The third-order valence-corrected chi connectivity index (χ3v) is 3.35. The second-order valence-corrected chi connectivity index (χ2v) is 5.34. The van der Waals surface area contributed by atoms with Crippen molar-refractivity contribution < 1.29 is 9.90 Å². The van der Waals surface area contributed by atoms with Gasteiger partial charge in [0.1, 0.15) is 5.82 Å². The van der Waals surface area contributed by atoms with Crippen molar-refractivity contribution in [2.45, 2.75) is 12.5 Å². The van der Waals surface area contributed by atoms with E-state index in [0.717, 1.165) is 11.4 Å². The molecule has 1 aromatic heterocycles. The number of nitrogens with zero attached hydrogens (tertiary/aromatic N) is 2. The fraction of sp³-hybridized carbons (Fsp3) is 0.294. The molecule has 0 saturated heterocycles. The summed E-state index contributed by atoms with van der Waals surface area (Å²) >= 11 is 0. The van der Waals surface area contributed by atoms with Crippen molar-refractivity contribution in [2.24, 2.45) is 0 Å². The number of hydrogen-bond acceptors (Lipinski definition) is 4. The summed E-state index contributed by atoms with van der Waals surface area (Å²) < 4.78 is 0. The topological polar surface area (TPSA) is 65.5 Å². The van der Waals surface area contributed by atoms with E-state index < -0.39 is 0 Å². The molecular formula is C17H21N3O2. The Morgan fingerprint density at radius 3 is 2.64 bits per heavy atom. The summed E-state index contributed by atoms with van der Waals surface area (Å²) in [6.45, 7) is -0.105. The van der Waals surface area contributed by atoms with Crippen molar-refractivity contribution in [3.05, 3.63) is 59.8 Å². The van der Waals surface area contributed by atoms with E-state index in [0.29, 0.717) is 12.0 Å². The molecule has 1 unspecified atom stereocenters. The molecule has 2 aromatic rings. The number of anilines is 1. The van der Waals surface area contributed by atoms with Gasteiger partial charge in [-0.25, -0.2) is 4.98 Å². The van der Waals surface area contributed by atoms with Crippen LogP contribution in [0.25, 0.3) is 0 Å². The van der Waals surface area contributed by atoms with Crippen molar-refractivity contribution >= 4 is 11.7 Å². The van der Waals surface area contributed by atoms with Gasteiger partial charge in [-0.15, -0.1) is 0 Å². The zero-order valence-corrected chi connectivity index (χ0v) is 12.9. The van der Waals surface area contributed by atoms with Gasteiger partial charge < -0.3 is 15.3 Å². The Hall–Kier alpha value is -2.40. The molecule has 1 atom stereocenters. The number of pyridine rings is 1. The molecule has 116 valence electrons. The molecule has 0 aliphatic carbocycles. The Balaban J connectivity index is 2.04. The summed E-state index contributed by atoms with van der Waals surface area (Å²) in [5.74, 6) is 0.511. The normalized spacial score (nSPS) is 11.8. The second kappa shape index (κ2) is 7.56. The number of aliphatic hydroxyl groups is 1. The number of nitrogens with one attached hydrogen (secondary N) is 1. The molecule has 22 heavy (non-hydrogen) atoms. The number of rotatable bonds is 6. The minimum absolute atomic E-state index is 0.105. The zero-order chi connectivity index (χ0) is 15.9. The van der Waals surface area contributed by atoms with Gasteiger partial charge in [0.2, 0.25) is 0 Å². The predicted molar refractivity (Wildman–Crippen MR) is 87.1 cm³/mol. The van der Waals surface area contributed by atoms with E-state index in [1.807, 2.05) is 49.3 Å². The maximum absolute atomic E-state index is 12.3. The highest BCUT2D eigenvalue weighted by Crippen LogP contribution is 2.10. The van der Waals surface area contributed by atoms with Crippen LogP contribution in [-0.2, 0) is 6.42 Å². The highest BCUT2D eigenvalue weighted by atomic mass is 16.3.